The van der Waals surface area contributed by atoms with Crippen LogP contribution in [0.5, 0.6) is 0 Å². The number of ether oxygens (including phenoxy) is 1. The first-order valence-electron chi connectivity index (χ1n) is 7.60. The fourth-order valence-corrected chi connectivity index (χ4v) is 2.60. The van der Waals surface area contributed by atoms with E-state index in [0.717, 1.165) is 30.8 Å². The van der Waals surface area contributed by atoms with Crippen molar-refractivity contribution in [3.05, 3.63) is 48.2 Å². The highest BCUT2D eigenvalue weighted by atomic mass is 32.1. The molecule has 1 atom stereocenters. The largest absolute Gasteiger partial charge is 0.455 e. The lowest BCUT2D eigenvalue weighted by molar-refractivity contribution is 0.0923. The summed E-state index contributed by atoms with van der Waals surface area (Å²) in [7, 11) is 0. The van der Waals surface area contributed by atoms with Gasteiger partial charge in [0.1, 0.15) is 11.5 Å². The van der Waals surface area contributed by atoms with Crippen LogP contribution >= 0.6 is 12.2 Å². The van der Waals surface area contributed by atoms with Crippen molar-refractivity contribution in [3.8, 4) is 11.3 Å². The molecule has 1 aliphatic heterocycles. The molecule has 23 heavy (non-hydrogen) atoms. The Bertz CT molecular complexity index is 678. The highest BCUT2D eigenvalue weighted by molar-refractivity contribution is 7.80. The van der Waals surface area contributed by atoms with Crippen LogP contribution < -0.4 is 5.73 Å². The second kappa shape index (κ2) is 7.39. The second-order valence-electron chi connectivity index (χ2n) is 5.37. The van der Waals surface area contributed by atoms with Crippen molar-refractivity contribution in [1.82, 2.24) is 5.01 Å². The number of hydrazone groups is 1. The van der Waals surface area contributed by atoms with Crippen molar-refractivity contribution >= 4 is 23.5 Å². The molecule has 0 aliphatic carbocycles. The molecule has 0 radical (unpaired) electrons. The summed E-state index contributed by atoms with van der Waals surface area (Å²) in [6, 6.07) is 13.7. The highest BCUT2D eigenvalue weighted by Gasteiger charge is 2.19. The third-order valence-corrected chi connectivity index (χ3v) is 3.88. The molecular weight excluding hydrogens is 310 g/mol. The molecule has 6 heteroatoms. The van der Waals surface area contributed by atoms with Crippen molar-refractivity contribution in [2.45, 2.75) is 18.9 Å². The van der Waals surface area contributed by atoms with Gasteiger partial charge in [-0.3, -0.25) is 0 Å². The van der Waals surface area contributed by atoms with Gasteiger partial charge in [-0.1, -0.05) is 30.3 Å². The molecule has 2 aromatic rings. The first kappa shape index (κ1) is 15.7. The van der Waals surface area contributed by atoms with Crippen molar-refractivity contribution in [3.63, 3.8) is 0 Å². The van der Waals surface area contributed by atoms with Crippen LogP contribution in [0, 0.1) is 0 Å². The van der Waals surface area contributed by atoms with Gasteiger partial charge in [0.05, 0.1) is 18.9 Å². The number of rotatable bonds is 5. The number of furan rings is 1. The Morgan fingerprint density at radius 1 is 1.30 bits per heavy atom. The zero-order valence-corrected chi connectivity index (χ0v) is 13.5. The maximum Gasteiger partial charge on any atom is 0.187 e. The van der Waals surface area contributed by atoms with E-state index in [4.69, 9.17) is 27.1 Å². The summed E-state index contributed by atoms with van der Waals surface area (Å²) < 4.78 is 11.4. The third-order valence-electron chi connectivity index (χ3n) is 3.66. The van der Waals surface area contributed by atoms with Gasteiger partial charge in [0, 0.05) is 12.2 Å². The van der Waals surface area contributed by atoms with Crippen LogP contribution in [0.15, 0.2) is 52.0 Å². The molecule has 120 valence electrons. The van der Waals surface area contributed by atoms with Crippen molar-refractivity contribution in [2.24, 2.45) is 10.8 Å². The maximum absolute atomic E-state index is 5.78. The Balaban J connectivity index is 1.68. The molecule has 1 aromatic heterocycles. The van der Waals surface area contributed by atoms with E-state index in [9.17, 15) is 0 Å². The lowest BCUT2D eigenvalue weighted by Crippen LogP contribution is -2.36. The molecular formula is C17H19N3O2S. The predicted molar refractivity (Wildman–Crippen MR) is 94.2 cm³/mol. The van der Waals surface area contributed by atoms with E-state index >= 15 is 0 Å². The average molecular weight is 329 g/mol. The van der Waals surface area contributed by atoms with E-state index in [0.29, 0.717) is 12.3 Å². The number of nitrogens with two attached hydrogens (primary N) is 1. The molecule has 0 bridgehead atoms. The molecule has 1 aliphatic rings. The van der Waals surface area contributed by atoms with Crippen LogP contribution in [-0.2, 0) is 4.74 Å². The molecule has 5 nitrogen and oxygen atoms in total. The number of hydrogen-bond donors (Lipinski definition) is 1. The Labute approximate surface area is 140 Å². The van der Waals surface area contributed by atoms with Gasteiger partial charge in [-0.25, -0.2) is 5.01 Å². The van der Waals surface area contributed by atoms with Gasteiger partial charge < -0.3 is 14.9 Å². The Kier molecular flexibility index (Phi) is 5.05. The summed E-state index contributed by atoms with van der Waals surface area (Å²) in [5.74, 6) is 1.45. The number of hydrogen-bond acceptors (Lipinski definition) is 4. The molecule has 2 N–H and O–H groups in total. The van der Waals surface area contributed by atoms with E-state index < -0.39 is 0 Å². The average Bonchev–Trinajstić information content (AvgIpc) is 3.24. The van der Waals surface area contributed by atoms with Crippen molar-refractivity contribution in [2.75, 3.05) is 13.2 Å². The van der Waals surface area contributed by atoms with Crippen LogP contribution in [0.3, 0.4) is 0 Å². The first-order chi connectivity index (χ1) is 11.2. The zero-order chi connectivity index (χ0) is 16.1. The molecule has 1 fully saturated rings. The van der Waals surface area contributed by atoms with Gasteiger partial charge in [-0.15, -0.1) is 0 Å². The van der Waals surface area contributed by atoms with Crippen LogP contribution in [0.4, 0.5) is 0 Å². The summed E-state index contributed by atoms with van der Waals surface area (Å²) >= 11 is 5.05. The maximum atomic E-state index is 5.78. The smallest absolute Gasteiger partial charge is 0.187 e. The minimum absolute atomic E-state index is 0.130. The molecule has 1 unspecified atom stereocenters. The lowest BCUT2D eigenvalue weighted by Gasteiger charge is -2.20. The molecule has 3 rings (SSSR count). The summed E-state index contributed by atoms with van der Waals surface area (Å²) in [6.45, 7) is 1.36. The summed E-state index contributed by atoms with van der Waals surface area (Å²) in [5, 5.41) is 6.14. The molecule has 2 heterocycles. The van der Waals surface area contributed by atoms with E-state index in [1.807, 2.05) is 42.5 Å². The van der Waals surface area contributed by atoms with Crippen molar-refractivity contribution in [1.29, 1.82) is 0 Å². The fourth-order valence-electron chi connectivity index (χ4n) is 2.48. The normalized spacial score (nSPS) is 17.7. The number of nitrogens with zero attached hydrogens (tertiary/aromatic N) is 2. The van der Waals surface area contributed by atoms with E-state index in [1.165, 1.54) is 0 Å². The van der Waals surface area contributed by atoms with Gasteiger partial charge in [-0.05, 0) is 37.2 Å². The minimum atomic E-state index is 0.130. The van der Waals surface area contributed by atoms with Crippen LogP contribution in [0.1, 0.15) is 18.6 Å². The second-order valence-corrected chi connectivity index (χ2v) is 5.79. The van der Waals surface area contributed by atoms with E-state index in [2.05, 4.69) is 5.10 Å². The zero-order valence-electron chi connectivity index (χ0n) is 12.7. The molecule has 0 spiro atoms. The fraction of sp³-hybridized carbons (Fsp3) is 0.294. The summed E-state index contributed by atoms with van der Waals surface area (Å²) in [4.78, 5) is 0. The Hall–Kier alpha value is -2.18. The molecule has 0 saturated carbocycles. The monoisotopic (exact) mass is 329 g/mol. The van der Waals surface area contributed by atoms with E-state index in [1.54, 1.807) is 11.2 Å². The Morgan fingerprint density at radius 3 is 2.83 bits per heavy atom. The highest BCUT2D eigenvalue weighted by Crippen LogP contribution is 2.21. The van der Waals surface area contributed by atoms with E-state index in [-0.39, 0.29) is 11.2 Å². The van der Waals surface area contributed by atoms with Gasteiger partial charge in [0.15, 0.2) is 5.11 Å². The SMILES string of the molecule is NC(=S)N(CC1CCCO1)N=Cc1ccc(-c2ccccc2)o1. The van der Waals surface area contributed by atoms with Crippen LogP contribution in [0.25, 0.3) is 11.3 Å². The van der Waals surface area contributed by atoms with Gasteiger partial charge in [0.25, 0.3) is 0 Å². The summed E-state index contributed by atoms with van der Waals surface area (Å²) in [5.41, 5.74) is 6.76. The summed E-state index contributed by atoms with van der Waals surface area (Å²) in [6.07, 6.45) is 3.83. The lowest BCUT2D eigenvalue weighted by atomic mass is 10.2. The first-order valence-corrected chi connectivity index (χ1v) is 8.01. The predicted octanol–water partition coefficient (Wildman–Crippen LogP) is 3.01. The molecule has 1 aromatic carbocycles. The molecule has 1 saturated heterocycles. The van der Waals surface area contributed by atoms with Gasteiger partial charge in [-0.2, -0.15) is 5.10 Å². The topological polar surface area (TPSA) is 64.0 Å². The third kappa shape index (κ3) is 4.18. The quantitative estimate of drug-likeness (QED) is 0.519. The van der Waals surface area contributed by atoms with Crippen LogP contribution in [0.2, 0.25) is 0 Å². The molecule has 0 amide bonds. The van der Waals surface area contributed by atoms with Gasteiger partial charge >= 0.3 is 0 Å². The Morgan fingerprint density at radius 2 is 2.13 bits per heavy atom. The number of benzene rings is 1. The van der Waals surface area contributed by atoms with Crippen LogP contribution in [-0.4, -0.2) is 35.6 Å². The van der Waals surface area contributed by atoms with Gasteiger partial charge in [0.2, 0.25) is 0 Å². The van der Waals surface area contributed by atoms with Crippen molar-refractivity contribution < 1.29 is 9.15 Å². The minimum Gasteiger partial charge on any atom is -0.455 e. The standard InChI is InChI=1S/C17H19N3O2S/c18-17(23)20(12-15-7-4-10-21-15)19-11-14-8-9-16(22-14)13-5-2-1-3-6-13/h1-3,5-6,8-9,11,15H,4,7,10,12H2,(H2,18,23). The number of thiocarbonyl (C=S) groups is 1.